The van der Waals surface area contributed by atoms with E-state index in [-0.39, 0.29) is 35.8 Å². The number of carbonyl (C=O) groups excluding carboxylic acids is 1. The van der Waals surface area contributed by atoms with E-state index in [1.807, 2.05) is 12.1 Å². The minimum atomic E-state index is -0.271. The van der Waals surface area contributed by atoms with Crippen molar-refractivity contribution >= 4 is 34.6 Å². The van der Waals surface area contributed by atoms with Gasteiger partial charge in [0.1, 0.15) is 17.5 Å². The molecule has 182 valence electrons. The highest BCUT2D eigenvalue weighted by Crippen LogP contribution is 2.47. The number of aromatic nitrogens is 1. The summed E-state index contributed by atoms with van der Waals surface area (Å²) < 4.78 is 6.29. The first kappa shape index (κ1) is 22.6. The van der Waals surface area contributed by atoms with Gasteiger partial charge in [0, 0.05) is 37.3 Å². The number of hydrogen-bond acceptors (Lipinski definition) is 6. The monoisotopic (exact) mass is 491 g/mol. The highest BCUT2D eigenvalue weighted by atomic mass is 35.5. The number of piperidine rings is 1. The van der Waals surface area contributed by atoms with Gasteiger partial charge >= 0.3 is 0 Å². The maximum Gasteiger partial charge on any atom is 0.223 e. The first-order valence-electron chi connectivity index (χ1n) is 12.4. The van der Waals surface area contributed by atoms with Gasteiger partial charge in [0.05, 0.1) is 28.0 Å². The zero-order chi connectivity index (χ0) is 24.1. The van der Waals surface area contributed by atoms with E-state index in [2.05, 4.69) is 46.5 Å². The number of carbonyl (C=O) groups is 1. The molecule has 1 saturated carbocycles. The lowest BCUT2D eigenvalue weighted by atomic mass is 9.88. The summed E-state index contributed by atoms with van der Waals surface area (Å²) in [6, 6.07) is 8.08. The molecule has 2 aromatic rings. The molecule has 0 radical (unpaired) electrons. The largest absolute Gasteiger partial charge is 0.490 e. The highest BCUT2D eigenvalue weighted by Gasteiger charge is 2.48. The number of rotatable bonds is 6. The van der Waals surface area contributed by atoms with Gasteiger partial charge in [0.2, 0.25) is 5.91 Å². The smallest absolute Gasteiger partial charge is 0.223 e. The standard InChI is InChI=1S/C27H30ClN5O2/c1-33-9-7-18(8-10-33)35-19-4-2-3-15(12-19)21-13-22-26(31-21)25(20(28)14-30-22)32-24-17-6-5-16(11-17)23(24)27(29)34/h2-6,12,14,16-18,23-24H,7-11,13H2,1H3,(H2,29,34)(H,30,32)/t16-,17+,23+,24-/m1/s1. The number of hydrogen-bond donors (Lipinski definition) is 2. The fourth-order valence-electron chi connectivity index (χ4n) is 6.02. The number of halogens is 1. The van der Waals surface area contributed by atoms with Crippen molar-refractivity contribution in [2.24, 2.45) is 28.5 Å². The van der Waals surface area contributed by atoms with Crippen molar-refractivity contribution in [3.05, 3.63) is 58.9 Å². The predicted octanol–water partition coefficient (Wildman–Crippen LogP) is 3.97. The van der Waals surface area contributed by atoms with Crippen LogP contribution in [-0.2, 0) is 11.2 Å². The van der Waals surface area contributed by atoms with Crippen LogP contribution in [0.1, 0.15) is 30.5 Å². The van der Waals surface area contributed by atoms with E-state index in [1.54, 1.807) is 6.20 Å². The van der Waals surface area contributed by atoms with Crippen LogP contribution in [0.3, 0.4) is 0 Å². The van der Waals surface area contributed by atoms with Crippen LogP contribution in [0.25, 0.3) is 0 Å². The molecular weight excluding hydrogens is 462 g/mol. The van der Waals surface area contributed by atoms with Crippen LogP contribution < -0.4 is 15.8 Å². The lowest BCUT2D eigenvalue weighted by molar-refractivity contribution is -0.122. The number of anilines is 1. The lowest BCUT2D eigenvalue weighted by Gasteiger charge is -2.29. The summed E-state index contributed by atoms with van der Waals surface area (Å²) in [4.78, 5) is 24.1. The normalized spacial score (nSPS) is 27.7. The Kier molecular flexibility index (Phi) is 5.77. The Balaban J connectivity index is 1.25. The molecule has 3 heterocycles. The molecule has 4 aliphatic rings. The minimum absolute atomic E-state index is 0.0861. The van der Waals surface area contributed by atoms with Crippen LogP contribution >= 0.6 is 11.6 Å². The number of likely N-dealkylation sites (tertiary alicyclic amines) is 1. The molecule has 1 aromatic heterocycles. The summed E-state index contributed by atoms with van der Waals surface area (Å²) in [5.41, 5.74) is 10.1. The Morgan fingerprint density at radius 1 is 1.23 bits per heavy atom. The quantitative estimate of drug-likeness (QED) is 0.596. The Hall–Kier alpha value is -2.90. The molecule has 0 unspecified atom stereocenters. The fraction of sp³-hybridized carbons (Fsp3) is 0.444. The maximum absolute atomic E-state index is 12.2. The first-order chi connectivity index (χ1) is 17.0. The molecule has 4 atom stereocenters. The van der Waals surface area contributed by atoms with Gasteiger partial charge in [0.25, 0.3) is 0 Å². The average Bonchev–Trinajstić information content (AvgIpc) is 3.57. The van der Waals surface area contributed by atoms with E-state index in [4.69, 9.17) is 27.1 Å². The molecule has 1 aromatic carbocycles. The number of ether oxygens (including phenoxy) is 1. The Labute approximate surface area is 210 Å². The van der Waals surface area contributed by atoms with E-state index in [0.29, 0.717) is 11.4 Å². The maximum atomic E-state index is 12.2. The molecular formula is C27H30ClN5O2. The number of benzene rings is 1. The predicted molar refractivity (Wildman–Crippen MR) is 138 cm³/mol. The number of nitrogens with one attached hydrogen (secondary N) is 1. The second-order valence-electron chi connectivity index (χ2n) is 10.2. The molecule has 2 aliphatic carbocycles. The van der Waals surface area contributed by atoms with Gasteiger partial charge in [-0.2, -0.15) is 0 Å². The van der Waals surface area contributed by atoms with Crippen molar-refractivity contribution in [3.8, 4) is 5.75 Å². The van der Waals surface area contributed by atoms with Gasteiger partial charge in [-0.3, -0.25) is 9.78 Å². The molecule has 3 N–H and O–H groups in total. The zero-order valence-corrected chi connectivity index (χ0v) is 20.5. The third kappa shape index (κ3) is 4.21. The molecule has 6 rings (SSSR count). The van der Waals surface area contributed by atoms with Gasteiger partial charge in [-0.15, -0.1) is 0 Å². The molecule has 7 nitrogen and oxygen atoms in total. The van der Waals surface area contributed by atoms with Crippen LogP contribution in [-0.4, -0.2) is 53.8 Å². The highest BCUT2D eigenvalue weighted by molar-refractivity contribution is 6.34. The Morgan fingerprint density at radius 2 is 2.03 bits per heavy atom. The van der Waals surface area contributed by atoms with Crippen LogP contribution in [0.15, 0.2) is 47.6 Å². The van der Waals surface area contributed by atoms with E-state index in [0.717, 1.165) is 66.4 Å². The van der Waals surface area contributed by atoms with Crippen LogP contribution in [0.2, 0.25) is 5.02 Å². The summed E-state index contributed by atoms with van der Waals surface area (Å²) in [5, 5.41) is 4.06. The average molecular weight is 492 g/mol. The SMILES string of the molecule is CN1CCC(Oc2cccc(C3=Nc4c(ncc(Cl)c4N[C@H]4[C@@H](C(N)=O)[C@@H]5C=C[C@H]4C5)C3)c2)CC1. The van der Waals surface area contributed by atoms with Gasteiger partial charge < -0.3 is 20.7 Å². The third-order valence-electron chi connectivity index (χ3n) is 7.90. The number of primary amides is 1. The van der Waals surface area contributed by atoms with Crippen molar-refractivity contribution in [2.45, 2.75) is 37.8 Å². The van der Waals surface area contributed by atoms with E-state index in [9.17, 15) is 4.79 Å². The van der Waals surface area contributed by atoms with Crippen LogP contribution in [0.5, 0.6) is 5.75 Å². The summed E-state index contributed by atoms with van der Waals surface area (Å²) in [7, 11) is 2.15. The fourth-order valence-corrected chi connectivity index (χ4v) is 6.21. The molecule has 2 aliphatic heterocycles. The number of pyridine rings is 1. The zero-order valence-electron chi connectivity index (χ0n) is 19.8. The van der Waals surface area contributed by atoms with Crippen molar-refractivity contribution in [2.75, 3.05) is 25.5 Å². The summed E-state index contributed by atoms with van der Waals surface area (Å²) in [5.74, 6) is 0.804. The number of nitrogens with zero attached hydrogens (tertiary/aromatic N) is 3. The number of nitrogens with two attached hydrogens (primary N) is 1. The Bertz CT molecular complexity index is 1220. The number of allylic oxidation sites excluding steroid dienone is 1. The molecule has 1 amide bonds. The first-order valence-corrected chi connectivity index (χ1v) is 12.8. The van der Waals surface area contributed by atoms with Gasteiger partial charge in [-0.25, -0.2) is 4.99 Å². The summed E-state index contributed by atoms with van der Waals surface area (Å²) in [6.45, 7) is 2.12. The molecule has 0 spiro atoms. The number of amides is 1. The van der Waals surface area contributed by atoms with Gasteiger partial charge in [0.15, 0.2) is 0 Å². The van der Waals surface area contributed by atoms with Gasteiger partial charge in [-0.1, -0.05) is 35.9 Å². The molecule has 2 fully saturated rings. The second kappa shape index (κ2) is 8.95. The van der Waals surface area contributed by atoms with Crippen molar-refractivity contribution in [1.82, 2.24) is 9.88 Å². The van der Waals surface area contributed by atoms with Crippen molar-refractivity contribution < 1.29 is 9.53 Å². The number of aliphatic imine (C=N–C) groups is 1. The number of fused-ring (bicyclic) bond motifs is 3. The summed E-state index contributed by atoms with van der Waals surface area (Å²) >= 11 is 6.60. The molecule has 1 saturated heterocycles. The summed E-state index contributed by atoms with van der Waals surface area (Å²) in [6.07, 6.45) is 9.85. The molecule has 35 heavy (non-hydrogen) atoms. The third-order valence-corrected chi connectivity index (χ3v) is 8.19. The topological polar surface area (TPSA) is 92.8 Å². The second-order valence-corrected chi connectivity index (χ2v) is 10.6. The van der Waals surface area contributed by atoms with Crippen LogP contribution in [0.4, 0.5) is 11.4 Å². The van der Waals surface area contributed by atoms with E-state index in [1.165, 1.54) is 0 Å². The van der Waals surface area contributed by atoms with Crippen molar-refractivity contribution in [1.29, 1.82) is 0 Å². The van der Waals surface area contributed by atoms with Crippen molar-refractivity contribution in [3.63, 3.8) is 0 Å². The molecule has 2 bridgehead atoms. The lowest BCUT2D eigenvalue weighted by Crippen LogP contribution is -2.41. The minimum Gasteiger partial charge on any atom is -0.490 e. The Morgan fingerprint density at radius 3 is 2.83 bits per heavy atom. The van der Waals surface area contributed by atoms with Gasteiger partial charge in [-0.05, 0) is 50.3 Å². The van der Waals surface area contributed by atoms with E-state index >= 15 is 0 Å². The van der Waals surface area contributed by atoms with E-state index < -0.39 is 0 Å². The molecule has 8 heteroatoms. The van der Waals surface area contributed by atoms with Crippen LogP contribution in [0, 0.1) is 17.8 Å².